The summed E-state index contributed by atoms with van der Waals surface area (Å²) in [6.07, 6.45) is 1.29. The number of carboxylic acid groups (broad SMARTS) is 1. The van der Waals surface area contributed by atoms with Crippen molar-refractivity contribution in [3.63, 3.8) is 0 Å². The zero-order valence-corrected chi connectivity index (χ0v) is 10.6. The Morgan fingerprint density at radius 1 is 1.10 bits per heavy atom. The van der Waals surface area contributed by atoms with Crippen LogP contribution in [0.5, 0.6) is 0 Å². The van der Waals surface area contributed by atoms with E-state index >= 15 is 0 Å². The van der Waals surface area contributed by atoms with E-state index in [0.29, 0.717) is 24.1 Å². The Morgan fingerprint density at radius 2 is 1.85 bits per heavy atom. The molecule has 1 N–H and O–H groups in total. The molecule has 0 saturated carbocycles. The first-order chi connectivity index (χ1) is 9.65. The molecule has 0 amide bonds. The van der Waals surface area contributed by atoms with Gasteiger partial charge < -0.3 is 5.11 Å². The maximum absolute atomic E-state index is 12.9. The van der Waals surface area contributed by atoms with Gasteiger partial charge in [0, 0.05) is 5.71 Å². The Kier molecular flexibility index (Phi) is 3.06. The number of carboxylic acids is 1. The second-order valence-corrected chi connectivity index (χ2v) is 4.67. The van der Waals surface area contributed by atoms with Crippen molar-refractivity contribution in [3.05, 3.63) is 65.0 Å². The molecule has 0 atom stereocenters. The molecule has 3 nitrogen and oxygen atoms in total. The molecule has 2 aromatic rings. The van der Waals surface area contributed by atoms with E-state index in [1.54, 1.807) is 24.3 Å². The van der Waals surface area contributed by atoms with Crippen LogP contribution >= 0.6 is 0 Å². The molecule has 100 valence electrons. The third-order valence-electron chi connectivity index (χ3n) is 3.43. The van der Waals surface area contributed by atoms with Gasteiger partial charge in [-0.2, -0.15) is 0 Å². The summed E-state index contributed by atoms with van der Waals surface area (Å²) in [4.78, 5) is 15.7. The van der Waals surface area contributed by atoms with Crippen LogP contribution in [0.1, 0.15) is 27.9 Å². The number of aromatic carboxylic acids is 1. The van der Waals surface area contributed by atoms with Crippen molar-refractivity contribution < 1.29 is 14.3 Å². The first-order valence-electron chi connectivity index (χ1n) is 6.34. The van der Waals surface area contributed by atoms with E-state index in [1.807, 2.05) is 6.07 Å². The highest BCUT2D eigenvalue weighted by atomic mass is 19.1. The number of hydrogen-bond acceptors (Lipinski definition) is 2. The van der Waals surface area contributed by atoms with Crippen LogP contribution in [-0.4, -0.2) is 16.8 Å². The average Bonchev–Trinajstić information content (AvgIpc) is 2.46. The smallest absolute Gasteiger partial charge is 0.336 e. The van der Waals surface area contributed by atoms with Gasteiger partial charge in [0.25, 0.3) is 0 Å². The van der Waals surface area contributed by atoms with Crippen LogP contribution in [0.3, 0.4) is 0 Å². The van der Waals surface area contributed by atoms with Crippen LogP contribution < -0.4 is 0 Å². The molecule has 0 unspecified atom stereocenters. The average molecular weight is 269 g/mol. The van der Waals surface area contributed by atoms with E-state index in [4.69, 9.17) is 5.11 Å². The number of benzene rings is 2. The highest BCUT2D eigenvalue weighted by molar-refractivity contribution is 6.04. The first-order valence-corrected chi connectivity index (χ1v) is 6.34. The molecule has 0 aliphatic carbocycles. The second-order valence-electron chi connectivity index (χ2n) is 4.67. The zero-order chi connectivity index (χ0) is 14.1. The van der Waals surface area contributed by atoms with Crippen LogP contribution in [0.2, 0.25) is 0 Å². The molecular formula is C16H12FNO2. The summed E-state index contributed by atoms with van der Waals surface area (Å²) in [6.45, 7) is 0. The van der Waals surface area contributed by atoms with Crippen molar-refractivity contribution in [2.24, 2.45) is 4.99 Å². The standard InChI is InChI=1S/C16H12FNO2/c17-11-6-4-10(5-7-11)14-9-8-12-13(16(19)20)2-1-3-15(12)18-14/h1-7H,8-9H2,(H,19,20). The van der Waals surface area contributed by atoms with Crippen LogP contribution in [0.15, 0.2) is 47.5 Å². The van der Waals surface area contributed by atoms with Crippen molar-refractivity contribution in [2.75, 3.05) is 0 Å². The van der Waals surface area contributed by atoms with Crippen molar-refractivity contribution in [3.8, 4) is 0 Å². The molecule has 3 rings (SSSR count). The van der Waals surface area contributed by atoms with Gasteiger partial charge in [0.15, 0.2) is 0 Å². The topological polar surface area (TPSA) is 49.7 Å². The lowest BCUT2D eigenvalue weighted by molar-refractivity contribution is 0.0695. The normalized spacial score (nSPS) is 13.6. The van der Waals surface area contributed by atoms with E-state index in [-0.39, 0.29) is 5.82 Å². The van der Waals surface area contributed by atoms with Gasteiger partial charge in [-0.3, -0.25) is 4.99 Å². The molecule has 4 heteroatoms. The fraction of sp³-hybridized carbons (Fsp3) is 0.125. The third-order valence-corrected chi connectivity index (χ3v) is 3.43. The largest absolute Gasteiger partial charge is 0.478 e. The van der Waals surface area contributed by atoms with Gasteiger partial charge in [0.1, 0.15) is 5.82 Å². The molecule has 0 aromatic heterocycles. The van der Waals surface area contributed by atoms with Crippen molar-refractivity contribution in [1.29, 1.82) is 0 Å². The van der Waals surface area contributed by atoms with E-state index in [0.717, 1.165) is 16.8 Å². The van der Waals surface area contributed by atoms with Crippen LogP contribution in [0.4, 0.5) is 10.1 Å². The molecule has 0 spiro atoms. The minimum atomic E-state index is -0.928. The second kappa shape index (κ2) is 4.89. The highest BCUT2D eigenvalue weighted by Gasteiger charge is 2.19. The Balaban J connectivity index is 2.04. The number of aliphatic imine (C=N–C) groups is 1. The van der Waals surface area contributed by atoms with Gasteiger partial charge in [-0.15, -0.1) is 0 Å². The Labute approximate surface area is 115 Å². The van der Waals surface area contributed by atoms with Crippen molar-refractivity contribution in [1.82, 2.24) is 0 Å². The lowest BCUT2D eigenvalue weighted by atomic mass is 9.94. The monoisotopic (exact) mass is 269 g/mol. The SMILES string of the molecule is O=C(O)c1cccc2c1CCC(c1ccc(F)cc1)=N2. The molecule has 1 aliphatic heterocycles. The first kappa shape index (κ1) is 12.5. The van der Waals surface area contributed by atoms with Crippen LogP contribution in [0.25, 0.3) is 0 Å². The molecular weight excluding hydrogens is 257 g/mol. The Morgan fingerprint density at radius 3 is 2.55 bits per heavy atom. The Bertz CT molecular complexity index is 705. The van der Waals surface area contributed by atoms with Crippen molar-refractivity contribution >= 4 is 17.4 Å². The van der Waals surface area contributed by atoms with Gasteiger partial charge in [-0.1, -0.05) is 18.2 Å². The number of nitrogens with zero attached hydrogens (tertiary/aromatic N) is 1. The van der Waals surface area contributed by atoms with Crippen LogP contribution in [0, 0.1) is 5.82 Å². The number of halogens is 1. The number of hydrogen-bond donors (Lipinski definition) is 1. The lowest BCUT2D eigenvalue weighted by Crippen LogP contribution is -2.11. The minimum Gasteiger partial charge on any atom is -0.478 e. The Hall–Kier alpha value is -2.49. The lowest BCUT2D eigenvalue weighted by Gasteiger charge is -2.17. The predicted octanol–water partition coefficient (Wildman–Crippen LogP) is 3.59. The third kappa shape index (κ3) is 2.20. The molecule has 20 heavy (non-hydrogen) atoms. The van der Waals surface area contributed by atoms with Crippen LogP contribution in [-0.2, 0) is 6.42 Å². The molecule has 0 fully saturated rings. The summed E-state index contributed by atoms with van der Waals surface area (Å²) < 4.78 is 12.9. The fourth-order valence-electron chi connectivity index (χ4n) is 2.44. The van der Waals surface area contributed by atoms with Gasteiger partial charge in [-0.25, -0.2) is 9.18 Å². The van der Waals surface area contributed by atoms with E-state index < -0.39 is 5.97 Å². The molecule has 0 radical (unpaired) electrons. The zero-order valence-electron chi connectivity index (χ0n) is 10.6. The summed E-state index contributed by atoms with van der Waals surface area (Å²) in [7, 11) is 0. The highest BCUT2D eigenvalue weighted by Crippen LogP contribution is 2.30. The summed E-state index contributed by atoms with van der Waals surface area (Å²) >= 11 is 0. The molecule has 0 saturated heterocycles. The summed E-state index contributed by atoms with van der Waals surface area (Å²) in [5, 5.41) is 9.16. The molecule has 1 aliphatic rings. The van der Waals surface area contributed by atoms with E-state index in [1.165, 1.54) is 12.1 Å². The van der Waals surface area contributed by atoms with Gasteiger partial charge in [0.05, 0.1) is 11.3 Å². The quantitative estimate of drug-likeness (QED) is 0.905. The summed E-state index contributed by atoms with van der Waals surface area (Å²) in [6, 6.07) is 11.3. The van der Waals surface area contributed by atoms with Crippen molar-refractivity contribution in [2.45, 2.75) is 12.8 Å². The van der Waals surface area contributed by atoms with Gasteiger partial charge >= 0.3 is 5.97 Å². The number of rotatable bonds is 2. The van der Waals surface area contributed by atoms with E-state index in [2.05, 4.69) is 4.99 Å². The van der Waals surface area contributed by atoms with E-state index in [9.17, 15) is 9.18 Å². The number of fused-ring (bicyclic) bond motifs is 1. The van der Waals surface area contributed by atoms with Gasteiger partial charge in [-0.05, 0) is 48.2 Å². The molecule has 1 heterocycles. The molecule has 2 aromatic carbocycles. The summed E-state index contributed by atoms with van der Waals surface area (Å²) in [5.74, 6) is -1.21. The maximum atomic E-state index is 12.9. The maximum Gasteiger partial charge on any atom is 0.336 e. The van der Waals surface area contributed by atoms with Gasteiger partial charge in [0.2, 0.25) is 0 Å². The summed E-state index contributed by atoms with van der Waals surface area (Å²) in [5.41, 5.74) is 3.50. The minimum absolute atomic E-state index is 0.279. The molecule has 0 bridgehead atoms. The fourth-order valence-corrected chi connectivity index (χ4v) is 2.44. The predicted molar refractivity (Wildman–Crippen MR) is 74.3 cm³/mol. The number of carbonyl (C=O) groups is 1.